The Kier molecular flexibility index (Phi) is 5.87. The van der Waals surface area contributed by atoms with Gasteiger partial charge in [0.05, 0.1) is 13.2 Å². The molecular weight excluding hydrogens is 270 g/mol. The van der Waals surface area contributed by atoms with Gasteiger partial charge in [-0.25, -0.2) is 0 Å². The normalized spacial score (nSPS) is 17.5. The molecule has 1 saturated heterocycles. The van der Waals surface area contributed by atoms with Crippen molar-refractivity contribution in [2.45, 2.75) is 38.8 Å². The number of hydrogen-bond acceptors (Lipinski definition) is 4. The van der Waals surface area contributed by atoms with Crippen molar-refractivity contribution in [1.82, 2.24) is 5.32 Å². The van der Waals surface area contributed by atoms with Gasteiger partial charge in [0, 0.05) is 19.6 Å². The summed E-state index contributed by atoms with van der Waals surface area (Å²) in [5, 5.41) is 2.84. The number of rotatable bonds is 7. The molecule has 1 amide bonds. The van der Waals surface area contributed by atoms with Crippen molar-refractivity contribution in [2.24, 2.45) is 0 Å². The number of methoxy groups -OCH3 is 1. The van der Waals surface area contributed by atoms with E-state index in [0.717, 1.165) is 25.0 Å². The average molecular weight is 293 g/mol. The Bertz CT molecular complexity index is 469. The third kappa shape index (κ3) is 4.63. The van der Waals surface area contributed by atoms with Crippen LogP contribution in [-0.4, -0.2) is 32.3 Å². The van der Waals surface area contributed by atoms with E-state index in [4.69, 9.17) is 14.2 Å². The Morgan fingerprint density at radius 1 is 1.43 bits per heavy atom. The van der Waals surface area contributed by atoms with Crippen LogP contribution >= 0.6 is 0 Å². The molecule has 1 heterocycles. The molecule has 1 fully saturated rings. The minimum atomic E-state index is 0.0349. The number of carbonyl (C=O) groups is 1. The molecular formula is C16H23NO4. The molecule has 1 aromatic carbocycles. The van der Waals surface area contributed by atoms with E-state index in [0.29, 0.717) is 31.1 Å². The predicted octanol–water partition coefficient (Wildman–Crippen LogP) is 2.28. The third-order valence-corrected chi connectivity index (χ3v) is 3.49. The van der Waals surface area contributed by atoms with Crippen LogP contribution in [0, 0.1) is 0 Å². The lowest BCUT2D eigenvalue weighted by molar-refractivity contribution is -0.120. The first-order valence-corrected chi connectivity index (χ1v) is 7.41. The predicted molar refractivity (Wildman–Crippen MR) is 79.6 cm³/mol. The zero-order valence-corrected chi connectivity index (χ0v) is 12.7. The Morgan fingerprint density at radius 3 is 2.95 bits per heavy atom. The van der Waals surface area contributed by atoms with Gasteiger partial charge >= 0.3 is 0 Å². The van der Waals surface area contributed by atoms with Gasteiger partial charge < -0.3 is 19.5 Å². The van der Waals surface area contributed by atoms with Gasteiger partial charge in [0.2, 0.25) is 5.91 Å². The summed E-state index contributed by atoms with van der Waals surface area (Å²) in [6.07, 6.45) is 2.81. The largest absolute Gasteiger partial charge is 0.493 e. The minimum absolute atomic E-state index is 0.0349. The van der Waals surface area contributed by atoms with Gasteiger partial charge in [-0.05, 0) is 30.5 Å². The molecule has 0 aliphatic carbocycles. The van der Waals surface area contributed by atoms with Crippen molar-refractivity contribution in [3.63, 3.8) is 0 Å². The van der Waals surface area contributed by atoms with Crippen molar-refractivity contribution >= 4 is 5.91 Å². The fourth-order valence-electron chi connectivity index (χ4n) is 2.23. The maximum Gasteiger partial charge on any atom is 0.219 e. The molecule has 2 rings (SSSR count). The number of ether oxygens (including phenoxy) is 3. The Hall–Kier alpha value is -1.75. The molecule has 1 N–H and O–H groups in total. The van der Waals surface area contributed by atoms with Gasteiger partial charge in [-0.2, -0.15) is 0 Å². The molecule has 0 aromatic heterocycles. The second-order valence-corrected chi connectivity index (χ2v) is 5.06. The van der Waals surface area contributed by atoms with Crippen LogP contribution < -0.4 is 14.8 Å². The van der Waals surface area contributed by atoms with Gasteiger partial charge in [0.1, 0.15) is 6.61 Å². The van der Waals surface area contributed by atoms with Crippen LogP contribution in [0.4, 0.5) is 0 Å². The highest BCUT2D eigenvalue weighted by atomic mass is 16.5. The Morgan fingerprint density at radius 2 is 2.29 bits per heavy atom. The minimum Gasteiger partial charge on any atom is -0.493 e. The highest BCUT2D eigenvalue weighted by molar-refractivity contribution is 5.75. The zero-order valence-electron chi connectivity index (χ0n) is 12.7. The van der Waals surface area contributed by atoms with Crippen LogP contribution in [0.15, 0.2) is 18.2 Å². The van der Waals surface area contributed by atoms with Gasteiger partial charge in [0.15, 0.2) is 11.5 Å². The van der Waals surface area contributed by atoms with Crippen LogP contribution in [0.5, 0.6) is 11.5 Å². The molecule has 1 atom stereocenters. The van der Waals surface area contributed by atoms with Gasteiger partial charge in [-0.15, -0.1) is 0 Å². The summed E-state index contributed by atoms with van der Waals surface area (Å²) >= 11 is 0. The molecule has 116 valence electrons. The second-order valence-electron chi connectivity index (χ2n) is 5.06. The molecule has 21 heavy (non-hydrogen) atoms. The zero-order chi connectivity index (χ0) is 15.1. The maximum absolute atomic E-state index is 11.3. The molecule has 5 nitrogen and oxygen atoms in total. The van der Waals surface area contributed by atoms with Gasteiger partial charge in [0.25, 0.3) is 0 Å². The quantitative estimate of drug-likeness (QED) is 0.838. The fraction of sp³-hybridized carbons (Fsp3) is 0.562. The second kappa shape index (κ2) is 7.88. The highest BCUT2D eigenvalue weighted by Gasteiger charge is 2.17. The van der Waals surface area contributed by atoms with Crippen molar-refractivity contribution in [1.29, 1.82) is 0 Å². The van der Waals surface area contributed by atoms with E-state index >= 15 is 0 Å². The fourth-order valence-corrected chi connectivity index (χ4v) is 2.23. The monoisotopic (exact) mass is 293 g/mol. The maximum atomic E-state index is 11.3. The van der Waals surface area contributed by atoms with Crippen molar-refractivity contribution in [2.75, 3.05) is 20.3 Å². The molecule has 1 aliphatic heterocycles. The van der Waals surface area contributed by atoms with Crippen molar-refractivity contribution in [3.05, 3.63) is 23.8 Å². The topological polar surface area (TPSA) is 56.8 Å². The molecule has 0 bridgehead atoms. The summed E-state index contributed by atoms with van der Waals surface area (Å²) in [5.74, 6) is 1.42. The van der Waals surface area contributed by atoms with E-state index in [1.165, 1.54) is 0 Å². The Balaban J connectivity index is 1.93. The smallest absolute Gasteiger partial charge is 0.219 e. The van der Waals surface area contributed by atoms with Gasteiger partial charge in [-0.3, -0.25) is 4.79 Å². The number of hydrogen-bond donors (Lipinski definition) is 1. The first-order chi connectivity index (χ1) is 10.2. The van der Waals surface area contributed by atoms with E-state index in [-0.39, 0.29) is 12.0 Å². The lowest BCUT2D eigenvalue weighted by Gasteiger charge is -2.15. The summed E-state index contributed by atoms with van der Waals surface area (Å²) in [6.45, 7) is 3.69. The highest BCUT2D eigenvalue weighted by Crippen LogP contribution is 2.28. The lowest BCUT2D eigenvalue weighted by Crippen LogP contribution is -2.21. The number of benzene rings is 1. The number of nitrogens with one attached hydrogen (secondary N) is 1. The molecule has 0 saturated carbocycles. The van der Waals surface area contributed by atoms with Crippen LogP contribution in [-0.2, 0) is 16.1 Å². The first-order valence-electron chi connectivity index (χ1n) is 7.41. The van der Waals surface area contributed by atoms with E-state index in [1.807, 2.05) is 25.1 Å². The van der Waals surface area contributed by atoms with E-state index in [9.17, 15) is 4.79 Å². The summed E-state index contributed by atoms with van der Waals surface area (Å²) in [6, 6.07) is 5.70. The Labute approximate surface area is 125 Å². The van der Waals surface area contributed by atoms with Crippen LogP contribution in [0.25, 0.3) is 0 Å². The standard InChI is InChI=1S/C16H23NO4/c1-3-16(18)17-10-12-6-7-14(15(9-12)19-2)21-11-13-5-4-8-20-13/h6-7,9,13H,3-5,8,10-11H2,1-2H3,(H,17,18)/t13-/m0/s1. The van der Waals surface area contributed by atoms with Crippen LogP contribution in [0.2, 0.25) is 0 Å². The number of amides is 1. The van der Waals surface area contributed by atoms with Crippen LogP contribution in [0.3, 0.4) is 0 Å². The molecule has 0 radical (unpaired) electrons. The van der Waals surface area contributed by atoms with E-state index < -0.39 is 0 Å². The number of carbonyl (C=O) groups excluding carboxylic acids is 1. The summed E-state index contributed by atoms with van der Waals surface area (Å²) in [4.78, 5) is 11.3. The molecule has 1 aliphatic rings. The molecule has 1 aromatic rings. The summed E-state index contributed by atoms with van der Waals surface area (Å²) in [7, 11) is 1.61. The first kappa shape index (κ1) is 15.6. The molecule has 0 unspecified atom stereocenters. The van der Waals surface area contributed by atoms with Crippen molar-refractivity contribution < 1.29 is 19.0 Å². The average Bonchev–Trinajstić information content (AvgIpc) is 3.04. The summed E-state index contributed by atoms with van der Waals surface area (Å²) in [5.41, 5.74) is 0.984. The molecule has 5 heteroatoms. The third-order valence-electron chi connectivity index (χ3n) is 3.49. The lowest BCUT2D eigenvalue weighted by atomic mass is 10.2. The van der Waals surface area contributed by atoms with Crippen LogP contribution in [0.1, 0.15) is 31.7 Å². The van der Waals surface area contributed by atoms with Crippen molar-refractivity contribution in [3.8, 4) is 11.5 Å². The van der Waals surface area contributed by atoms with Gasteiger partial charge in [-0.1, -0.05) is 13.0 Å². The van der Waals surface area contributed by atoms with E-state index in [1.54, 1.807) is 7.11 Å². The van der Waals surface area contributed by atoms with E-state index in [2.05, 4.69) is 5.32 Å². The SMILES string of the molecule is CCC(=O)NCc1ccc(OC[C@@H]2CCCO2)c(OC)c1. The summed E-state index contributed by atoms with van der Waals surface area (Å²) < 4.78 is 16.7. The molecule has 0 spiro atoms.